The summed E-state index contributed by atoms with van der Waals surface area (Å²) < 4.78 is 0. The van der Waals surface area contributed by atoms with Crippen molar-refractivity contribution in [2.45, 2.75) is 25.7 Å². The molecule has 1 unspecified atom stereocenters. The van der Waals surface area contributed by atoms with Crippen LogP contribution in [0, 0.1) is 5.92 Å². The minimum absolute atomic E-state index is 0.204. The number of hydrogen-bond donors (Lipinski definition) is 3. The molecule has 1 rings (SSSR count). The highest BCUT2D eigenvalue weighted by Crippen LogP contribution is 2.35. The molecule has 0 saturated heterocycles. The first-order chi connectivity index (χ1) is 9.97. The van der Waals surface area contributed by atoms with Crippen molar-refractivity contribution in [2.75, 3.05) is 12.3 Å². The lowest BCUT2D eigenvalue weighted by molar-refractivity contribution is -0.140. The molecule has 0 radical (unpaired) electrons. The molecule has 0 aromatic heterocycles. The number of aryl methyl sites for hydroxylation is 1. The van der Waals surface area contributed by atoms with Gasteiger partial charge in [-0.25, -0.2) is 0 Å². The van der Waals surface area contributed by atoms with Gasteiger partial charge in [0.25, 0.3) is 0 Å². The fraction of sp³-hybridized carbons (Fsp3) is 0.467. The number of hydrogen-bond acceptors (Lipinski definition) is 3. The molecule has 0 saturated carbocycles. The van der Waals surface area contributed by atoms with Crippen molar-refractivity contribution in [3.63, 3.8) is 0 Å². The Morgan fingerprint density at radius 1 is 1.05 bits per heavy atom. The van der Waals surface area contributed by atoms with E-state index in [0.29, 0.717) is 6.16 Å². The van der Waals surface area contributed by atoms with Crippen LogP contribution in [-0.4, -0.2) is 39.4 Å². The number of carboxylic acids is 2. The van der Waals surface area contributed by atoms with Crippen molar-refractivity contribution in [3.05, 3.63) is 35.9 Å². The lowest BCUT2D eigenvalue weighted by atomic mass is 10.0. The van der Waals surface area contributed by atoms with Crippen LogP contribution >= 0.6 is 8.15 Å². The van der Waals surface area contributed by atoms with Crippen LogP contribution in [0.15, 0.2) is 30.3 Å². The molecule has 0 aliphatic heterocycles. The number of benzene rings is 1. The molecule has 3 N–H and O–H groups in total. The van der Waals surface area contributed by atoms with Gasteiger partial charge in [0.1, 0.15) is 0 Å². The average molecular weight is 312 g/mol. The van der Waals surface area contributed by atoms with Crippen LogP contribution in [0.25, 0.3) is 0 Å². The van der Waals surface area contributed by atoms with Crippen molar-refractivity contribution in [2.24, 2.45) is 5.92 Å². The molecular weight excluding hydrogens is 291 g/mol. The van der Waals surface area contributed by atoms with Crippen LogP contribution in [-0.2, 0) is 16.0 Å². The van der Waals surface area contributed by atoms with Crippen molar-refractivity contribution in [3.8, 4) is 0 Å². The highest BCUT2D eigenvalue weighted by molar-refractivity contribution is 7.51. The molecule has 0 bridgehead atoms. The van der Waals surface area contributed by atoms with Gasteiger partial charge >= 0.3 is 11.9 Å². The zero-order valence-electron chi connectivity index (χ0n) is 11.8. The van der Waals surface area contributed by atoms with Gasteiger partial charge in [-0.05, 0) is 36.6 Å². The first-order valence-corrected chi connectivity index (χ1v) is 8.55. The van der Waals surface area contributed by atoms with Gasteiger partial charge < -0.3 is 15.1 Å². The second-order valence-corrected chi connectivity index (χ2v) is 6.89. The highest BCUT2D eigenvalue weighted by Gasteiger charge is 2.20. The van der Waals surface area contributed by atoms with E-state index in [-0.39, 0.29) is 19.0 Å². The summed E-state index contributed by atoms with van der Waals surface area (Å²) in [6.07, 6.45) is 2.17. The zero-order chi connectivity index (χ0) is 15.7. The van der Waals surface area contributed by atoms with Crippen molar-refractivity contribution in [1.29, 1.82) is 0 Å². The minimum atomic E-state index is -1.30. The van der Waals surface area contributed by atoms with Gasteiger partial charge in [-0.2, -0.15) is 0 Å². The molecule has 0 spiro atoms. The third-order valence-corrected chi connectivity index (χ3v) is 4.89. The third kappa shape index (κ3) is 8.43. The summed E-state index contributed by atoms with van der Waals surface area (Å²) in [6.45, 7) is 0. The summed E-state index contributed by atoms with van der Waals surface area (Å²) in [6, 6.07) is 9.93. The first kappa shape index (κ1) is 17.6. The lowest BCUT2D eigenvalue weighted by Crippen LogP contribution is -2.16. The van der Waals surface area contributed by atoms with Crippen LogP contribution in [0.3, 0.4) is 0 Å². The van der Waals surface area contributed by atoms with Crippen LogP contribution in [0.4, 0.5) is 0 Å². The quantitative estimate of drug-likeness (QED) is 0.577. The SMILES string of the molecule is O=C(O)CC(CC(=O)O)CP(O)CCCc1ccccc1. The van der Waals surface area contributed by atoms with E-state index in [4.69, 9.17) is 10.2 Å². The summed E-state index contributed by atoms with van der Waals surface area (Å²) in [4.78, 5) is 31.4. The van der Waals surface area contributed by atoms with E-state index in [0.717, 1.165) is 12.8 Å². The third-order valence-electron chi connectivity index (χ3n) is 3.12. The zero-order valence-corrected chi connectivity index (χ0v) is 12.7. The molecule has 1 aromatic rings. The highest BCUT2D eigenvalue weighted by atomic mass is 31.1. The Kier molecular flexibility index (Phi) is 7.95. The maximum absolute atomic E-state index is 10.7. The van der Waals surface area contributed by atoms with Gasteiger partial charge in [-0.3, -0.25) is 9.59 Å². The van der Waals surface area contributed by atoms with Crippen molar-refractivity contribution >= 4 is 20.1 Å². The van der Waals surface area contributed by atoms with E-state index in [1.165, 1.54) is 5.56 Å². The Bertz CT molecular complexity index is 433. The van der Waals surface area contributed by atoms with E-state index in [2.05, 4.69) is 0 Å². The molecule has 1 aromatic carbocycles. The monoisotopic (exact) mass is 312 g/mol. The van der Waals surface area contributed by atoms with Gasteiger partial charge in [0.05, 0.1) is 0 Å². The molecule has 6 heteroatoms. The normalized spacial score (nSPS) is 12.3. The van der Waals surface area contributed by atoms with Crippen LogP contribution in [0.5, 0.6) is 0 Å². The van der Waals surface area contributed by atoms with Gasteiger partial charge in [-0.1, -0.05) is 30.3 Å². The molecule has 0 amide bonds. The van der Waals surface area contributed by atoms with Gasteiger partial charge in [0.2, 0.25) is 0 Å². The molecule has 0 aliphatic rings. The molecule has 21 heavy (non-hydrogen) atoms. The Hall–Kier alpha value is -1.45. The largest absolute Gasteiger partial charge is 0.481 e. The fourth-order valence-electron chi connectivity index (χ4n) is 2.19. The predicted octanol–water partition coefficient (Wildman–Crippen LogP) is 2.57. The molecule has 116 valence electrons. The van der Waals surface area contributed by atoms with Gasteiger partial charge in [-0.15, -0.1) is 0 Å². The Labute approximate surface area is 125 Å². The van der Waals surface area contributed by atoms with E-state index < -0.39 is 26.0 Å². The van der Waals surface area contributed by atoms with Crippen LogP contribution < -0.4 is 0 Å². The van der Waals surface area contributed by atoms with Crippen LogP contribution in [0.1, 0.15) is 24.8 Å². The van der Waals surface area contributed by atoms with E-state index in [1.54, 1.807) is 0 Å². The van der Waals surface area contributed by atoms with E-state index in [1.807, 2.05) is 30.3 Å². The molecule has 0 aliphatic carbocycles. The first-order valence-electron chi connectivity index (χ1n) is 6.88. The van der Waals surface area contributed by atoms with Crippen molar-refractivity contribution < 1.29 is 24.7 Å². The number of aliphatic carboxylic acids is 2. The van der Waals surface area contributed by atoms with Gasteiger partial charge in [0.15, 0.2) is 0 Å². The smallest absolute Gasteiger partial charge is 0.303 e. The van der Waals surface area contributed by atoms with Crippen molar-refractivity contribution in [1.82, 2.24) is 0 Å². The maximum Gasteiger partial charge on any atom is 0.303 e. The summed E-state index contributed by atoms with van der Waals surface area (Å²) >= 11 is 0. The number of carbonyl (C=O) groups is 2. The predicted molar refractivity (Wildman–Crippen MR) is 81.6 cm³/mol. The van der Waals surface area contributed by atoms with Gasteiger partial charge in [0, 0.05) is 21.0 Å². The standard InChI is InChI=1S/C15H21O5P/c16-14(17)9-13(10-15(18)19)11-21(20)8-4-7-12-5-2-1-3-6-12/h1-3,5-6,13,20H,4,7-11H2,(H,16,17)(H,18,19). The molecule has 5 nitrogen and oxygen atoms in total. The Morgan fingerprint density at radius 3 is 2.14 bits per heavy atom. The number of rotatable bonds is 10. The molecule has 0 fully saturated rings. The minimum Gasteiger partial charge on any atom is -0.481 e. The average Bonchev–Trinajstić information content (AvgIpc) is 2.38. The van der Waals surface area contributed by atoms with E-state index in [9.17, 15) is 14.5 Å². The lowest BCUT2D eigenvalue weighted by Gasteiger charge is -2.17. The summed E-state index contributed by atoms with van der Waals surface area (Å²) in [5.41, 5.74) is 1.20. The second-order valence-electron chi connectivity index (χ2n) is 5.06. The molecule has 1 atom stereocenters. The fourth-order valence-corrected chi connectivity index (χ4v) is 3.75. The topological polar surface area (TPSA) is 94.8 Å². The van der Waals surface area contributed by atoms with Crippen LogP contribution in [0.2, 0.25) is 0 Å². The maximum atomic E-state index is 10.7. The van der Waals surface area contributed by atoms with E-state index >= 15 is 0 Å². The molecular formula is C15H21O5P. The summed E-state index contributed by atoms with van der Waals surface area (Å²) in [5.74, 6) is -2.53. The molecule has 0 heterocycles. The second kappa shape index (κ2) is 9.48. The summed E-state index contributed by atoms with van der Waals surface area (Å²) in [5, 5.41) is 17.5. The summed E-state index contributed by atoms with van der Waals surface area (Å²) in [7, 11) is -1.30. The number of carboxylic acid groups (broad SMARTS) is 2. The Balaban J connectivity index is 2.33. The Morgan fingerprint density at radius 2 is 1.62 bits per heavy atom.